The van der Waals surface area contributed by atoms with Gasteiger partial charge in [-0.1, -0.05) is 60.7 Å². The molecule has 0 bridgehead atoms. The molecule has 1 heterocycles. The average molecular weight is 352 g/mol. The van der Waals surface area contributed by atoms with Gasteiger partial charge in [0.25, 0.3) is 0 Å². The summed E-state index contributed by atoms with van der Waals surface area (Å²) >= 11 is 0. The van der Waals surface area contributed by atoms with E-state index in [0.717, 1.165) is 51.0 Å². The second-order valence-electron chi connectivity index (χ2n) is 6.91. The van der Waals surface area contributed by atoms with Gasteiger partial charge >= 0.3 is 6.09 Å². The summed E-state index contributed by atoms with van der Waals surface area (Å²) in [4.78, 5) is 14.0. The van der Waals surface area contributed by atoms with Gasteiger partial charge in [-0.15, -0.1) is 0 Å². The normalized spacial score (nSPS) is 15.0. The van der Waals surface area contributed by atoms with E-state index in [0.29, 0.717) is 12.5 Å². The molecule has 0 spiro atoms. The number of piperidine rings is 1. The number of rotatable bonds is 7. The third-order valence-corrected chi connectivity index (χ3v) is 4.94. The van der Waals surface area contributed by atoms with Crippen LogP contribution in [0.25, 0.3) is 0 Å². The Morgan fingerprint density at radius 3 is 2.23 bits per heavy atom. The van der Waals surface area contributed by atoms with E-state index in [1.54, 1.807) is 0 Å². The standard InChI is InChI=1S/C22H28N2O2/c25-22(26-18-21-9-5-2-6-10-21)24-15-12-20(13-16-24)17-23-14-11-19-7-3-1-4-8-19/h1-10,20,23H,11-18H2. The minimum absolute atomic E-state index is 0.190. The number of benzene rings is 2. The molecule has 1 N–H and O–H groups in total. The molecule has 4 nitrogen and oxygen atoms in total. The van der Waals surface area contributed by atoms with Gasteiger partial charge in [-0.05, 0) is 49.4 Å². The number of carbonyl (C=O) groups excluding carboxylic acids is 1. The largest absolute Gasteiger partial charge is 0.445 e. The fraction of sp³-hybridized carbons (Fsp3) is 0.409. The molecule has 0 unspecified atom stereocenters. The number of hydrogen-bond donors (Lipinski definition) is 1. The Balaban J connectivity index is 1.29. The summed E-state index contributed by atoms with van der Waals surface area (Å²) in [5.41, 5.74) is 2.40. The van der Waals surface area contributed by atoms with Crippen molar-refractivity contribution in [1.29, 1.82) is 0 Å². The van der Waals surface area contributed by atoms with Crippen LogP contribution in [0.2, 0.25) is 0 Å². The first-order chi connectivity index (χ1) is 12.8. The molecule has 1 fully saturated rings. The molecule has 0 aromatic heterocycles. The second-order valence-corrected chi connectivity index (χ2v) is 6.91. The van der Waals surface area contributed by atoms with Gasteiger partial charge in [-0.3, -0.25) is 0 Å². The van der Waals surface area contributed by atoms with E-state index >= 15 is 0 Å². The number of hydrogen-bond acceptors (Lipinski definition) is 3. The van der Waals surface area contributed by atoms with Crippen molar-refractivity contribution < 1.29 is 9.53 Å². The Morgan fingerprint density at radius 2 is 1.58 bits per heavy atom. The Kier molecular flexibility index (Phi) is 7.08. The molecular weight excluding hydrogens is 324 g/mol. The lowest BCUT2D eigenvalue weighted by atomic mass is 9.97. The van der Waals surface area contributed by atoms with Crippen molar-refractivity contribution in [2.45, 2.75) is 25.9 Å². The minimum atomic E-state index is -0.190. The number of ether oxygens (including phenoxy) is 1. The summed E-state index contributed by atoms with van der Waals surface area (Å²) in [7, 11) is 0. The lowest BCUT2D eigenvalue weighted by Crippen LogP contribution is -2.41. The maximum Gasteiger partial charge on any atom is 0.410 e. The highest BCUT2D eigenvalue weighted by Gasteiger charge is 2.23. The second kappa shape index (κ2) is 9.97. The van der Waals surface area contributed by atoms with Crippen LogP contribution in [-0.2, 0) is 17.8 Å². The molecule has 1 aliphatic heterocycles. The lowest BCUT2D eigenvalue weighted by molar-refractivity contribution is 0.0822. The highest BCUT2D eigenvalue weighted by Crippen LogP contribution is 2.17. The van der Waals surface area contributed by atoms with Crippen molar-refractivity contribution in [3.8, 4) is 0 Å². The van der Waals surface area contributed by atoms with Crippen LogP contribution in [0.15, 0.2) is 60.7 Å². The Morgan fingerprint density at radius 1 is 0.962 bits per heavy atom. The first-order valence-corrected chi connectivity index (χ1v) is 9.51. The molecule has 0 atom stereocenters. The number of likely N-dealkylation sites (tertiary alicyclic amines) is 1. The van der Waals surface area contributed by atoms with E-state index < -0.39 is 0 Å². The topological polar surface area (TPSA) is 41.6 Å². The molecule has 1 aliphatic rings. The fourth-order valence-electron chi connectivity index (χ4n) is 3.31. The maximum absolute atomic E-state index is 12.2. The maximum atomic E-state index is 12.2. The third kappa shape index (κ3) is 5.88. The molecule has 1 amide bonds. The van der Waals surface area contributed by atoms with Crippen LogP contribution >= 0.6 is 0 Å². The van der Waals surface area contributed by atoms with Crippen molar-refractivity contribution in [2.24, 2.45) is 5.92 Å². The van der Waals surface area contributed by atoms with Crippen LogP contribution in [-0.4, -0.2) is 37.2 Å². The molecule has 2 aromatic carbocycles. The summed E-state index contributed by atoms with van der Waals surface area (Å²) in [5.74, 6) is 0.643. The van der Waals surface area contributed by atoms with Crippen molar-refractivity contribution >= 4 is 6.09 Å². The van der Waals surface area contributed by atoms with E-state index in [2.05, 4.69) is 35.6 Å². The number of carbonyl (C=O) groups is 1. The number of amides is 1. The highest BCUT2D eigenvalue weighted by molar-refractivity contribution is 5.67. The molecule has 1 saturated heterocycles. The number of nitrogens with zero attached hydrogens (tertiary/aromatic N) is 1. The van der Waals surface area contributed by atoms with Crippen molar-refractivity contribution in [2.75, 3.05) is 26.2 Å². The monoisotopic (exact) mass is 352 g/mol. The summed E-state index contributed by atoms with van der Waals surface area (Å²) < 4.78 is 5.42. The molecular formula is C22H28N2O2. The van der Waals surface area contributed by atoms with Crippen LogP contribution < -0.4 is 5.32 Å². The van der Waals surface area contributed by atoms with E-state index in [4.69, 9.17) is 4.74 Å². The average Bonchev–Trinajstić information content (AvgIpc) is 2.71. The summed E-state index contributed by atoms with van der Waals surface area (Å²) in [6, 6.07) is 20.4. The van der Waals surface area contributed by atoms with Gasteiger partial charge in [0.15, 0.2) is 0 Å². The van der Waals surface area contributed by atoms with E-state index in [9.17, 15) is 4.79 Å². The molecule has 26 heavy (non-hydrogen) atoms. The zero-order chi connectivity index (χ0) is 18.0. The Hall–Kier alpha value is -2.33. The van der Waals surface area contributed by atoms with E-state index in [-0.39, 0.29) is 6.09 Å². The molecule has 4 heteroatoms. The first kappa shape index (κ1) is 18.5. The zero-order valence-electron chi connectivity index (χ0n) is 15.3. The third-order valence-electron chi connectivity index (χ3n) is 4.94. The smallest absolute Gasteiger partial charge is 0.410 e. The Bertz CT molecular complexity index is 652. The molecule has 0 saturated carbocycles. The molecule has 0 radical (unpaired) electrons. The van der Waals surface area contributed by atoms with Gasteiger partial charge in [0.2, 0.25) is 0 Å². The van der Waals surface area contributed by atoms with Gasteiger partial charge in [-0.2, -0.15) is 0 Å². The Labute approximate surface area is 156 Å². The summed E-state index contributed by atoms with van der Waals surface area (Å²) in [5, 5.41) is 3.56. The van der Waals surface area contributed by atoms with Gasteiger partial charge in [0, 0.05) is 13.1 Å². The van der Waals surface area contributed by atoms with Crippen LogP contribution in [0.1, 0.15) is 24.0 Å². The molecule has 0 aliphatic carbocycles. The predicted molar refractivity (Wildman–Crippen MR) is 104 cm³/mol. The minimum Gasteiger partial charge on any atom is -0.445 e. The SMILES string of the molecule is O=C(OCc1ccccc1)N1CCC(CNCCc2ccccc2)CC1. The molecule has 3 rings (SSSR count). The van der Waals surface area contributed by atoms with E-state index in [1.807, 2.05) is 35.2 Å². The van der Waals surface area contributed by atoms with Crippen molar-refractivity contribution in [3.63, 3.8) is 0 Å². The van der Waals surface area contributed by atoms with Crippen LogP contribution in [0.3, 0.4) is 0 Å². The van der Waals surface area contributed by atoms with Gasteiger partial charge < -0.3 is 15.0 Å². The summed E-state index contributed by atoms with van der Waals surface area (Å²) in [6.45, 7) is 3.96. The van der Waals surface area contributed by atoms with Gasteiger partial charge in [0.1, 0.15) is 6.61 Å². The van der Waals surface area contributed by atoms with Crippen LogP contribution in [0.5, 0.6) is 0 Å². The van der Waals surface area contributed by atoms with Crippen LogP contribution in [0.4, 0.5) is 4.79 Å². The van der Waals surface area contributed by atoms with Crippen LogP contribution in [0, 0.1) is 5.92 Å². The first-order valence-electron chi connectivity index (χ1n) is 9.51. The summed E-state index contributed by atoms with van der Waals surface area (Å²) in [6.07, 6.45) is 2.95. The molecule has 138 valence electrons. The highest BCUT2D eigenvalue weighted by atomic mass is 16.6. The van der Waals surface area contributed by atoms with Gasteiger partial charge in [-0.25, -0.2) is 4.79 Å². The fourth-order valence-corrected chi connectivity index (χ4v) is 3.31. The zero-order valence-corrected chi connectivity index (χ0v) is 15.3. The lowest BCUT2D eigenvalue weighted by Gasteiger charge is -2.31. The quantitative estimate of drug-likeness (QED) is 0.769. The van der Waals surface area contributed by atoms with Crippen molar-refractivity contribution in [1.82, 2.24) is 10.2 Å². The van der Waals surface area contributed by atoms with E-state index in [1.165, 1.54) is 5.56 Å². The molecule has 2 aromatic rings. The number of nitrogens with one attached hydrogen (secondary N) is 1. The van der Waals surface area contributed by atoms with Gasteiger partial charge in [0.05, 0.1) is 0 Å². The predicted octanol–water partition coefficient (Wildman–Crippen LogP) is 3.87. The van der Waals surface area contributed by atoms with Crippen molar-refractivity contribution in [3.05, 3.63) is 71.8 Å².